The summed E-state index contributed by atoms with van der Waals surface area (Å²) in [6.45, 7) is 1.23. The number of carboxylic acid groups (broad SMARTS) is 2. The quantitative estimate of drug-likeness (QED) is 0.781. The van der Waals surface area contributed by atoms with Crippen LogP contribution < -0.4 is 0 Å². The molecular formula is C12H10N2O4. The number of carbonyl (C=O) groups is 2. The van der Waals surface area contributed by atoms with Gasteiger partial charge in [0.25, 0.3) is 0 Å². The first-order valence-corrected chi connectivity index (χ1v) is 5.01. The van der Waals surface area contributed by atoms with Crippen LogP contribution in [0.2, 0.25) is 0 Å². The number of rotatable bonds is 4. The van der Waals surface area contributed by atoms with Crippen molar-refractivity contribution in [1.82, 2.24) is 0 Å². The second-order valence-electron chi connectivity index (χ2n) is 3.49. The molecule has 6 nitrogen and oxygen atoms in total. The van der Waals surface area contributed by atoms with E-state index in [-0.39, 0.29) is 11.3 Å². The smallest absolute Gasteiger partial charge is 0.351 e. The molecular weight excluding hydrogens is 236 g/mol. The van der Waals surface area contributed by atoms with Crippen LogP contribution in [0.25, 0.3) is 0 Å². The Morgan fingerprint density at radius 1 is 1.33 bits per heavy atom. The molecule has 0 heterocycles. The van der Waals surface area contributed by atoms with Crippen molar-refractivity contribution in [3.8, 4) is 6.07 Å². The molecule has 0 fully saturated rings. The highest BCUT2D eigenvalue weighted by Crippen LogP contribution is 2.19. The van der Waals surface area contributed by atoms with E-state index in [0.29, 0.717) is 0 Å². The van der Waals surface area contributed by atoms with Gasteiger partial charge in [0.1, 0.15) is 17.7 Å². The molecule has 1 atom stereocenters. The molecule has 0 bridgehead atoms. The molecule has 92 valence electrons. The van der Waals surface area contributed by atoms with Gasteiger partial charge >= 0.3 is 11.9 Å². The molecule has 0 amide bonds. The molecule has 18 heavy (non-hydrogen) atoms. The number of aliphatic carboxylic acids is 2. The van der Waals surface area contributed by atoms with Gasteiger partial charge in [0.15, 0.2) is 0 Å². The van der Waals surface area contributed by atoms with Crippen LogP contribution in [0.3, 0.4) is 0 Å². The van der Waals surface area contributed by atoms with Gasteiger partial charge in [-0.15, -0.1) is 0 Å². The number of nitriles is 1. The number of hydrogen-bond acceptors (Lipinski definition) is 4. The SMILES string of the molecule is CC(C(=O)O)C(=Nc1ccccc1C#N)C(=O)O. The molecule has 0 spiro atoms. The van der Waals surface area contributed by atoms with Crippen molar-refractivity contribution in [1.29, 1.82) is 5.26 Å². The third-order valence-corrected chi connectivity index (χ3v) is 2.27. The fourth-order valence-corrected chi connectivity index (χ4v) is 1.24. The van der Waals surface area contributed by atoms with Gasteiger partial charge in [-0.2, -0.15) is 5.26 Å². The summed E-state index contributed by atoms with van der Waals surface area (Å²) in [7, 11) is 0. The summed E-state index contributed by atoms with van der Waals surface area (Å²) in [6, 6.07) is 7.99. The maximum Gasteiger partial charge on any atom is 0.351 e. The first-order chi connectivity index (χ1) is 8.47. The average Bonchev–Trinajstić information content (AvgIpc) is 2.35. The van der Waals surface area contributed by atoms with E-state index in [9.17, 15) is 9.59 Å². The number of hydrogen-bond donors (Lipinski definition) is 2. The number of nitrogens with zero attached hydrogens (tertiary/aromatic N) is 2. The molecule has 0 aliphatic heterocycles. The zero-order valence-electron chi connectivity index (χ0n) is 9.49. The third-order valence-electron chi connectivity index (χ3n) is 2.27. The van der Waals surface area contributed by atoms with Gasteiger partial charge < -0.3 is 10.2 Å². The van der Waals surface area contributed by atoms with Gasteiger partial charge in [0, 0.05) is 0 Å². The molecule has 1 unspecified atom stereocenters. The molecule has 6 heteroatoms. The highest BCUT2D eigenvalue weighted by molar-refractivity contribution is 6.40. The van der Waals surface area contributed by atoms with Crippen LogP contribution in [-0.4, -0.2) is 27.9 Å². The molecule has 2 N–H and O–H groups in total. The minimum atomic E-state index is -1.42. The van der Waals surface area contributed by atoms with Gasteiger partial charge in [-0.1, -0.05) is 12.1 Å². The number of carboxylic acids is 2. The summed E-state index contributed by atoms with van der Waals surface area (Å²) in [5, 5.41) is 26.6. The van der Waals surface area contributed by atoms with Crippen LogP contribution >= 0.6 is 0 Å². The fourth-order valence-electron chi connectivity index (χ4n) is 1.24. The summed E-state index contributed by atoms with van der Waals surface area (Å²) in [5.74, 6) is -3.96. The minimum Gasteiger partial charge on any atom is -0.481 e. The van der Waals surface area contributed by atoms with E-state index in [0.717, 1.165) is 0 Å². The van der Waals surface area contributed by atoms with Crippen LogP contribution in [0.1, 0.15) is 12.5 Å². The molecule has 1 rings (SSSR count). The van der Waals surface area contributed by atoms with Crippen LogP contribution in [0.4, 0.5) is 5.69 Å². The molecule has 0 aliphatic rings. The Morgan fingerprint density at radius 3 is 2.44 bits per heavy atom. The highest BCUT2D eigenvalue weighted by atomic mass is 16.4. The lowest BCUT2D eigenvalue weighted by Gasteiger charge is -2.06. The molecule has 0 saturated heterocycles. The van der Waals surface area contributed by atoms with Crippen LogP contribution in [-0.2, 0) is 9.59 Å². The van der Waals surface area contributed by atoms with Crippen LogP contribution in [0.15, 0.2) is 29.3 Å². The Kier molecular flexibility index (Phi) is 4.16. The lowest BCUT2D eigenvalue weighted by molar-refractivity contribution is -0.140. The fraction of sp³-hybridized carbons (Fsp3) is 0.167. The maximum atomic E-state index is 11.0. The van der Waals surface area contributed by atoms with E-state index in [4.69, 9.17) is 15.5 Å². The van der Waals surface area contributed by atoms with Gasteiger partial charge in [-0.05, 0) is 19.1 Å². The predicted molar refractivity (Wildman–Crippen MR) is 62.7 cm³/mol. The second-order valence-corrected chi connectivity index (χ2v) is 3.49. The standard InChI is InChI=1S/C12H10N2O4/c1-7(11(15)16)10(12(17)18)14-9-5-3-2-4-8(9)6-13/h2-5,7H,1H3,(H,15,16)(H,17,18). The predicted octanol–water partition coefficient (Wildman–Crippen LogP) is 1.44. The van der Waals surface area contributed by atoms with Crippen molar-refractivity contribution in [2.45, 2.75) is 6.92 Å². The molecule has 0 saturated carbocycles. The van der Waals surface area contributed by atoms with E-state index < -0.39 is 23.6 Å². The molecule has 0 radical (unpaired) electrons. The van der Waals surface area contributed by atoms with E-state index in [1.165, 1.54) is 19.1 Å². The van der Waals surface area contributed by atoms with Gasteiger partial charge in [-0.25, -0.2) is 9.79 Å². The third kappa shape index (κ3) is 2.92. The first kappa shape index (κ1) is 13.4. The Balaban J connectivity index is 3.30. The topological polar surface area (TPSA) is 111 Å². The highest BCUT2D eigenvalue weighted by Gasteiger charge is 2.24. The minimum absolute atomic E-state index is 0.144. The van der Waals surface area contributed by atoms with Gasteiger partial charge in [0.2, 0.25) is 0 Å². The molecule has 0 aromatic heterocycles. The van der Waals surface area contributed by atoms with Crippen molar-refractivity contribution in [2.24, 2.45) is 10.9 Å². The summed E-state index contributed by atoms with van der Waals surface area (Å²) in [6.07, 6.45) is 0. The van der Waals surface area contributed by atoms with Crippen molar-refractivity contribution in [2.75, 3.05) is 0 Å². The van der Waals surface area contributed by atoms with Crippen molar-refractivity contribution < 1.29 is 19.8 Å². The normalized spacial score (nSPS) is 12.6. The Bertz CT molecular complexity index is 557. The first-order valence-electron chi connectivity index (χ1n) is 5.01. The van der Waals surface area contributed by atoms with E-state index in [1.54, 1.807) is 12.1 Å². The van der Waals surface area contributed by atoms with Crippen molar-refractivity contribution in [3.63, 3.8) is 0 Å². The summed E-state index contributed by atoms with van der Waals surface area (Å²) in [4.78, 5) is 25.5. The molecule has 1 aromatic carbocycles. The summed E-state index contributed by atoms with van der Waals surface area (Å²) >= 11 is 0. The number of aliphatic imine (C=N–C) groups is 1. The average molecular weight is 246 g/mol. The zero-order chi connectivity index (χ0) is 13.7. The second kappa shape index (κ2) is 5.59. The Hall–Kier alpha value is -2.68. The lowest BCUT2D eigenvalue weighted by atomic mass is 10.1. The Morgan fingerprint density at radius 2 is 1.94 bits per heavy atom. The zero-order valence-corrected chi connectivity index (χ0v) is 9.49. The number of benzene rings is 1. The summed E-state index contributed by atoms with van der Waals surface area (Å²) in [5.41, 5.74) is -0.176. The van der Waals surface area contributed by atoms with Crippen molar-refractivity contribution >= 4 is 23.3 Å². The van der Waals surface area contributed by atoms with E-state index >= 15 is 0 Å². The summed E-state index contributed by atoms with van der Waals surface area (Å²) < 4.78 is 0. The van der Waals surface area contributed by atoms with Gasteiger partial charge in [-0.3, -0.25) is 4.79 Å². The van der Waals surface area contributed by atoms with E-state index in [2.05, 4.69) is 4.99 Å². The maximum absolute atomic E-state index is 11.0. The lowest BCUT2D eigenvalue weighted by Crippen LogP contribution is -2.27. The van der Waals surface area contributed by atoms with E-state index in [1.807, 2.05) is 6.07 Å². The van der Waals surface area contributed by atoms with Crippen LogP contribution in [0, 0.1) is 17.2 Å². The van der Waals surface area contributed by atoms with Gasteiger partial charge in [0.05, 0.1) is 11.3 Å². The largest absolute Gasteiger partial charge is 0.481 e. The Labute approximate surface area is 103 Å². The molecule has 0 aliphatic carbocycles. The van der Waals surface area contributed by atoms with Crippen LogP contribution in [0.5, 0.6) is 0 Å². The number of para-hydroxylation sites is 1. The monoisotopic (exact) mass is 246 g/mol. The van der Waals surface area contributed by atoms with Crippen molar-refractivity contribution in [3.05, 3.63) is 29.8 Å². The molecule has 1 aromatic rings.